The van der Waals surface area contributed by atoms with Gasteiger partial charge in [-0.05, 0) is 19.1 Å². The molecule has 1 aliphatic heterocycles. The van der Waals surface area contributed by atoms with Crippen LogP contribution in [0.2, 0.25) is 0 Å². The normalized spacial score (nSPS) is 16.8. The van der Waals surface area contributed by atoms with Crippen LogP contribution in [0.25, 0.3) is 0 Å². The van der Waals surface area contributed by atoms with Crippen LogP contribution in [-0.2, 0) is 16.6 Å². The molecule has 3 N–H and O–H groups in total. The Kier molecular flexibility index (Phi) is 4.03. The number of carbonyl (C=O) groups is 2. The highest BCUT2D eigenvalue weighted by atomic mass is 16.2. The van der Waals surface area contributed by atoms with E-state index in [-0.39, 0.29) is 18.0 Å². The first-order valence-electron chi connectivity index (χ1n) is 7.49. The number of nitrogens with zero attached hydrogens (tertiary/aromatic N) is 4. The van der Waals surface area contributed by atoms with Crippen LogP contribution < -0.4 is 16.1 Å². The van der Waals surface area contributed by atoms with Crippen LogP contribution in [0.3, 0.4) is 0 Å². The Morgan fingerprint density at radius 2 is 2.00 bits per heavy atom. The summed E-state index contributed by atoms with van der Waals surface area (Å²) in [5.41, 5.74) is 7.22. The van der Waals surface area contributed by atoms with Gasteiger partial charge in [0, 0.05) is 19.5 Å². The average Bonchev–Trinajstić information content (AvgIpc) is 3.12. The maximum atomic E-state index is 12.5. The van der Waals surface area contributed by atoms with E-state index in [1.165, 1.54) is 5.01 Å². The third kappa shape index (κ3) is 2.98. The maximum Gasteiger partial charge on any atom is 0.273 e. The van der Waals surface area contributed by atoms with Gasteiger partial charge in [0.15, 0.2) is 0 Å². The number of para-hydroxylation sites is 1. The summed E-state index contributed by atoms with van der Waals surface area (Å²) in [6.07, 6.45) is 0.160. The minimum Gasteiger partial charge on any atom is -0.368 e. The minimum absolute atomic E-state index is 0.160. The van der Waals surface area contributed by atoms with Crippen LogP contribution in [0, 0.1) is 6.92 Å². The molecule has 2 amide bonds. The molecule has 0 saturated carbocycles. The Balaban J connectivity index is 1.84. The predicted molar refractivity (Wildman–Crippen MR) is 90.5 cm³/mol. The molecule has 0 bridgehead atoms. The number of amides is 2. The predicted octanol–water partition coefficient (Wildman–Crippen LogP) is 0.787. The van der Waals surface area contributed by atoms with Crippen LogP contribution in [-0.4, -0.2) is 33.3 Å². The number of benzene rings is 1. The Morgan fingerprint density at radius 1 is 1.29 bits per heavy atom. The zero-order chi connectivity index (χ0) is 17.3. The van der Waals surface area contributed by atoms with Gasteiger partial charge in [0.25, 0.3) is 5.91 Å². The van der Waals surface area contributed by atoms with Crippen LogP contribution in [0.15, 0.2) is 41.5 Å². The second-order valence-electron chi connectivity index (χ2n) is 5.60. The first-order chi connectivity index (χ1) is 11.5. The van der Waals surface area contributed by atoms with Gasteiger partial charge in [0.1, 0.15) is 17.6 Å². The van der Waals surface area contributed by atoms with Crippen molar-refractivity contribution in [3.63, 3.8) is 0 Å². The lowest BCUT2D eigenvalue weighted by Crippen LogP contribution is -2.39. The minimum atomic E-state index is -0.679. The fourth-order valence-electron chi connectivity index (χ4n) is 2.60. The molecule has 0 spiro atoms. The zero-order valence-electron chi connectivity index (χ0n) is 13.4. The summed E-state index contributed by atoms with van der Waals surface area (Å²) in [7, 11) is 1.74. The van der Waals surface area contributed by atoms with E-state index in [2.05, 4.69) is 15.5 Å². The number of carbonyl (C=O) groups excluding carboxylic acids is 2. The number of rotatable bonds is 4. The van der Waals surface area contributed by atoms with Gasteiger partial charge in [-0.1, -0.05) is 18.2 Å². The number of hydrazone groups is 1. The number of hydrogen-bond donors (Lipinski definition) is 2. The van der Waals surface area contributed by atoms with E-state index in [0.29, 0.717) is 11.5 Å². The van der Waals surface area contributed by atoms with Gasteiger partial charge in [-0.3, -0.25) is 19.3 Å². The fraction of sp³-hybridized carbons (Fsp3) is 0.250. The monoisotopic (exact) mass is 326 g/mol. The molecule has 0 unspecified atom stereocenters. The van der Waals surface area contributed by atoms with Crippen LogP contribution >= 0.6 is 0 Å². The van der Waals surface area contributed by atoms with E-state index in [1.54, 1.807) is 17.8 Å². The SMILES string of the molecule is Cc1cc(NC(=O)C2=NN(c3ccccc3)[C@@H](C(N)=O)C2)n(C)n1. The third-order valence-corrected chi connectivity index (χ3v) is 3.77. The lowest BCUT2D eigenvalue weighted by atomic mass is 10.1. The summed E-state index contributed by atoms with van der Waals surface area (Å²) < 4.78 is 1.57. The molecule has 0 saturated heterocycles. The highest BCUT2D eigenvalue weighted by Crippen LogP contribution is 2.24. The van der Waals surface area contributed by atoms with Gasteiger partial charge in [-0.25, -0.2) is 0 Å². The number of hydrogen-bond acceptors (Lipinski definition) is 5. The van der Waals surface area contributed by atoms with Gasteiger partial charge in [-0.15, -0.1) is 0 Å². The standard InChI is InChI=1S/C16H18N6O2/c1-10-8-14(21(2)19-10)18-16(24)12-9-13(15(17)23)22(20-12)11-6-4-3-5-7-11/h3-8,13H,9H2,1-2H3,(H2,17,23)(H,18,24)/t13-/m1/s1. The van der Waals surface area contributed by atoms with E-state index >= 15 is 0 Å². The second-order valence-corrected chi connectivity index (χ2v) is 5.60. The Labute approximate surface area is 138 Å². The number of primary amides is 1. The molecule has 2 aromatic rings. The van der Waals surface area contributed by atoms with Crippen LogP contribution in [0.4, 0.5) is 11.5 Å². The van der Waals surface area contributed by atoms with E-state index < -0.39 is 11.9 Å². The molecule has 3 rings (SSSR count). The number of anilines is 2. The van der Waals surface area contributed by atoms with Gasteiger partial charge >= 0.3 is 0 Å². The summed E-state index contributed by atoms with van der Waals surface area (Å²) in [6.45, 7) is 1.84. The molecule has 8 heteroatoms. The van der Waals surface area contributed by atoms with Crippen molar-refractivity contribution >= 4 is 29.0 Å². The van der Waals surface area contributed by atoms with Gasteiger partial charge in [-0.2, -0.15) is 10.2 Å². The molecule has 124 valence electrons. The molecule has 0 fully saturated rings. The summed E-state index contributed by atoms with van der Waals surface area (Å²) in [4.78, 5) is 24.2. The molecule has 0 aliphatic carbocycles. The molecule has 2 heterocycles. The lowest BCUT2D eigenvalue weighted by molar-refractivity contribution is -0.119. The molecule has 1 aliphatic rings. The number of nitrogens with one attached hydrogen (secondary N) is 1. The van der Waals surface area contributed by atoms with E-state index in [9.17, 15) is 9.59 Å². The van der Waals surface area contributed by atoms with Gasteiger partial charge in [0.05, 0.1) is 11.4 Å². The third-order valence-electron chi connectivity index (χ3n) is 3.77. The molecule has 24 heavy (non-hydrogen) atoms. The molecular formula is C16H18N6O2. The highest BCUT2D eigenvalue weighted by molar-refractivity contribution is 6.44. The van der Waals surface area contributed by atoms with Crippen molar-refractivity contribution in [2.75, 3.05) is 10.3 Å². The Bertz CT molecular complexity index is 811. The number of nitrogens with two attached hydrogens (primary N) is 1. The Hall–Kier alpha value is -3.16. The van der Waals surface area contributed by atoms with Crippen LogP contribution in [0.1, 0.15) is 12.1 Å². The van der Waals surface area contributed by atoms with Gasteiger partial charge in [0.2, 0.25) is 5.91 Å². The van der Waals surface area contributed by atoms with Crippen molar-refractivity contribution < 1.29 is 9.59 Å². The largest absolute Gasteiger partial charge is 0.368 e. The number of aryl methyl sites for hydroxylation is 2. The fourth-order valence-corrected chi connectivity index (χ4v) is 2.60. The van der Waals surface area contributed by atoms with Crippen molar-refractivity contribution in [1.29, 1.82) is 0 Å². The van der Waals surface area contributed by atoms with E-state index in [0.717, 1.165) is 5.69 Å². The van der Waals surface area contributed by atoms with Crippen molar-refractivity contribution in [3.8, 4) is 0 Å². The van der Waals surface area contributed by atoms with Crippen molar-refractivity contribution in [1.82, 2.24) is 9.78 Å². The smallest absolute Gasteiger partial charge is 0.273 e. The molecule has 0 radical (unpaired) electrons. The first-order valence-corrected chi connectivity index (χ1v) is 7.49. The lowest BCUT2D eigenvalue weighted by Gasteiger charge is -2.20. The first kappa shape index (κ1) is 15.7. The molecule has 1 aromatic carbocycles. The van der Waals surface area contributed by atoms with Crippen LogP contribution in [0.5, 0.6) is 0 Å². The average molecular weight is 326 g/mol. The molecule has 1 aromatic heterocycles. The summed E-state index contributed by atoms with van der Waals surface area (Å²) in [5.74, 6) is -0.335. The van der Waals surface area contributed by atoms with E-state index in [4.69, 9.17) is 5.73 Å². The van der Waals surface area contributed by atoms with E-state index in [1.807, 2.05) is 37.3 Å². The van der Waals surface area contributed by atoms with Crippen molar-refractivity contribution in [2.45, 2.75) is 19.4 Å². The molecule has 8 nitrogen and oxygen atoms in total. The maximum absolute atomic E-state index is 12.5. The van der Waals surface area contributed by atoms with Crippen molar-refractivity contribution in [3.05, 3.63) is 42.1 Å². The topological polar surface area (TPSA) is 106 Å². The number of aromatic nitrogens is 2. The quantitative estimate of drug-likeness (QED) is 0.866. The van der Waals surface area contributed by atoms with Crippen molar-refractivity contribution in [2.24, 2.45) is 17.9 Å². The zero-order valence-corrected chi connectivity index (χ0v) is 13.4. The summed E-state index contributed by atoms with van der Waals surface area (Å²) in [5, 5.41) is 12.7. The molecular weight excluding hydrogens is 308 g/mol. The summed E-state index contributed by atoms with van der Waals surface area (Å²) >= 11 is 0. The highest BCUT2D eigenvalue weighted by Gasteiger charge is 2.35. The summed E-state index contributed by atoms with van der Waals surface area (Å²) in [6, 6.07) is 10.2. The van der Waals surface area contributed by atoms with Gasteiger partial charge < -0.3 is 11.1 Å². The molecule has 1 atom stereocenters. The second kappa shape index (κ2) is 6.15. The Morgan fingerprint density at radius 3 is 2.58 bits per heavy atom.